The summed E-state index contributed by atoms with van der Waals surface area (Å²) in [6.07, 6.45) is 2.21. The largest absolute Gasteiger partial charge is 0.465 e. The highest BCUT2D eigenvalue weighted by atomic mass is 16.5. The minimum atomic E-state index is -0.108. The van der Waals surface area contributed by atoms with Crippen LogP contribution in [-0.2, 0) is 9.53 Å². The van der Waals surface area contributed by atoms with Crippen molar-refractivity contribution in [2.45, 2.75) is 25.7 Å². The van der Waals surface area contributed by atoms with Crippen LogP contribution in [0.4, 0.5) is 0 Å². The number of rotatable bonds is 6. The number of hydrogen-bond donors (Lipinski definition) is 0. The highest BCUT2D eigenvalue weighted by Gasteiger charge is 2.29. The number of esters is 1. The first-order valence-corrected chi connectivity index (χ1v) is 9.25. The molecule has 0 spiro atoms. The fraction of sp³-hybridized carbons (Fsp3) is 0.409. The Hall–Kier alpha value is -2.13. The van der Waals surface area contributed by atoms with E-state index in [1.54, 1.807) is 0 Å². The topological polar surface area (TPSA) is 29.5 Å². The van der Waals surface area contributed by atoms with Gasteiger partial charge in [-0.2, -0.15) is 0 Å². The molecule has 0 N–H and O–H groups in total. The first kappa shape index (κ1) is 17.7. The fourth-order valence-corrected chi connectivity index (χ4v) is 3.89. The molecule has 25 heavy (non-hydrogen) atoms. The molecular formula is C22H27NO2. The number of ether oxygens (including phenoxy) is 1. The summed E-state index contributed by atoms with van der Waals surface area (Å²) in [5.74, 6) is 0.916. The van der Waals surface area contributed by atoms with Crippen LogP contribution in [0.25, 0.3) is 0 Å². The van der Waals surface area contributed by atoms with E-state index in [0.29, 0.717) is 25.0 Å². The first-order valence-electron chi connectivity index (χ1n) is 9.25. The monoisotopic (exact) mass is 337 g/mol. The van der Waals surface area contributed by atoms with Crippen molar-refractivity contribution >= 4 is 5.97 Å². The SMILES string of the molecule is CCOC(=O)CN1CCC(C(c2ccccc2)c2ccccc2)CC1. The summed E-state index contributed by atoms with van der Waals surface area (Å²) in [6.45, 7) is 4.65. The minimum Gasteiger partial charge on any atom is -0.465 e. The number of benzene rings is 2. The van der Waals surface area contributed by atoms with Crippen LogP contribution in [0.15, 0.2) is 60.7 Å². The lowest BCUT2D eigenvalue weighted by Crippen LogP contribution is -2.39. The van der Waals surface area contributed by atoms with Crippen molar-refractivity contribution in [1.82, 2.24) is 4.90 Å². The second-order valence-corrected chi connectivity index (χ2v) is 6.72. The van der Waals surface area contributed by atoms with Crippen molar-refractivity contribution in [3.8, 4) is 0 Å². The third kappa shape index (κ3) is 4.70. The molecule has 1 heterocycles. The average Bonchev–Trinajstić information content (AvgIpc) is 2.65. The van der Waals surface area contributed by atoms with Crippen LogP contribution in [-0.4, -0.2) is 37.1 Å². The fourth-order valence-electron chi connectivity index (χ4n) is 3.89. The molecular weight excluding hydrogens is 310 g/mol. The molecule has 0 amide bonds. The molecule has 0 radical (unpaired) electrons. The van der Waals surface area contributed by atoms with Crippen LogP contribution in [0.1, 0.15) is 36.8 Å². The highest BCUT2D eigenvalue weighted by molar-refractivity contribution is 5.71. The number of carbonyl (C=O) groups excluding carboxylic acids is 1. The molecule has 1 aliphatic heterocycles. The van der Waals surface area contributed by atoms with Gasteiger partial charge in [0, 0.05) is 5.92 Å². The molecule has 1 aliphatic rings. The van der Waals surface area contributed by atoms with Crippen molar-refractivity contribution in [2.75, 3.05) is 26.2 Å². The van der Waals surface area contributed by atoms with E-state index in [0.717, 1.165) is 25.9 Å². The number of piperidine rings is 1. The smallest absolute Gasteiger partial charge is 0.320 e. The van der Waals surface area contributed by atoms with Gasteiger partial charge in [0.15, 0.2) is 0 Å². The summed E-state index contributed by atoms with van der Waals surface area (Å²) in [5.41, 5.74) is 2.77. The molecule has 0 atom stereocenters. The Labute approximate surface area is 150 Å². The maximum absolute atomic E-state index is 11.7. The maximum atomic E-state index is 11.7. The second-order valence-electron chi connectivity index (χ2n) is 6.72. The van der Waals surface area contributed by atoms with Gasteiger partial charge in [-0.25, -0.2) is 0 Å². The van der Waals surface area contributed by atoms with Gasteiger partial charge in [-0.05, 0) is 49.9 Å². The van der Waals surface area contributed by atoms with E-state index in [1.807, 2.05) is 6.92 Å². The summed E-state index contributed by atoms with van der Waals surface area (Å²) in [5, 5.41) is 0. The van der Waals surface area contributed by atoms with Crippen LogP contribution < -0.4 is 0 Å². The van der Waals surface area contributed by atoms with Crippen molar-refractivity contribution in [2.24, 2.45) is 5.92 Å². The van der Waals surface area contributed by atoms with Gasteiger partial charge in [-0.1, -0.05) is 60.7 Å². The molecule has 0 aliphatic carbocycles. The quantitative estimate of drug-likeness (QED) is 0.744. The third-order valence-electron chi connectivity index (χ3n) is 5.08. The van der Waals surface area contributed by atoms with Crippen molar-refractivity contribution in [1.29, 1.82) is 0 Å². The summed E-state index contributed by atoms with van der Waals surface area (Å²) in [4.78, 5) is 13.9. The lowest BCUT2D eigenvalue weighted by molar-refractivity contribution is -0.144. The lowest BCUT2D eigenvalue weighted by Gasteiger charge is -2.36. The van der Waals surface area contributed by atoms with E-state index in [9.17, 15) is 4.79 Å². The standard InChI is InChI=1S/C22H27NO2/c1-2-25-21(24)17-23-15-13-20(14-16-23)22(18-9-5-3-6-10-18)19-11-7-4-8-12-19/h3-12,20,22H,2,13-17H2,1H3. The van der Waals surface area contributed by atoms with E-state index in [-0.39, 0.29) is 5.97 Å². The number of likely N-dealkylation sites (tertiary alicyclic amines) is 1. The minimum absolute atomic E-state index is 0.108. The van der Waals surface area contributed by atoms with Crippen molar-refractivity contribution < 1.29 is 9.53 Å². The lowest BCUT2D eigenvalue weighted by atomic mass is 9.76. The summed E-state index contributed by atoms with van der Waals surface area (Å²) >= 11 is 0. The van der Waals surface area contributed by atoms with Crippen molar-refractivity contribution in [3.63, 3.8) is 0 Å². The number of nitrogens with zero attached hydrogens (tertiary/aromatic N) is 1. The Kier molecular flexibility index (Phi) is 6.24. The average molecular weight is 337 g/mol. The van der Waals surface area contributed by atoms with E-state index in [4.69, 9.17) is 4.74 Å². The zero-order chi connectivity index (χ0) is 17.5. The Balaban J connectivity index is 1.70. The zero-order valence-electron chi connectivity index (χ0n) is 14.9. The van der Waals surface area contributed by atoms with Gasteiger partial charge in [-0.3, -0.25) is 9.69 Å². The molecule has 0 bridgehead atoms. The van der Waals surface area contributed by atoms with Gasteiger partial charge >= 0.3 is 5.97 Å². The molecule has 0 saturated carbocycles. The van der Waals surface area contributed by atoms with Gasteiger partial charge in [0.05, 0.1) is 13.2 Å². The predicted octanol–water partition coefficient (Wildman–Crippen LogP) is 4.09. The van der Waals surface area contributed by atoms with Gasteiger partial charge < -0.3 is 4.74 Å². The maximum Gasteiger partial charge on any atom is 0.320 e. The van der Waals surface area contributed by atoms with Crippen molar-refractivity contribution in [3.05, 3.63) is 71.8 Å². The van der Waals surface area contributed by atoms with Gasteiger partial charge in [0.25, 0.3) is 0 Å². The van der Waals surface area contributed by atoms with Gasteiger partial charge in [0.2, 0.25) is 0 Å². The van der Waals surface area contributed by atoms with Gasteiger partial charge in [-0.15, -0.1) is 0 Å². The Morgan fingerprint density at radius 1 is 1.00 bits per heavy atom. The summed E-state index contributed by atoms with van der Waals surface area (Å²) in [6, 6.07) is 21.6. The van der Waals surface area contributed by atoms with E-state index in [2.05, 4.69) is 65.6 Å². The van der Waals surface area contributed by atoms with Gasteiger partial charge in [0.1, 0.15) is 0 Å². The second kappa shape index (κ2) is 8.82. The van der Waals surface area contributed by atoms with E-state index >= 15 is 0 Å². The molecule has 132 valence electrons. The third-order valence-corrected chi connectivity index (χ3v) is 5.08. The molecule has 3 heteroatoms. The van der Waals surface area contributed by atoms with E-state index in [1.165, 1.54) is 11.1 Å². The zero-order valence-corrected chi connectivity index (χ0v) is 14.9. The molecule has 3 rings (SSSR count). The Bertz CT molecular complexity index is 609. The van der Waals surface area contributed by atoms with E-state index < -0.39 is 0 Å². The molecule has 1 saturated heterocycles. The van der Waals surface area contributed by atoms with Crippen LogP contribution >= 0.6 is 0 Å². The number of carbonyl (C=O) groups is 1. The van der Waals surface area contributed by atoms with Crippen LogP contribution in [0.3, 0.4) is 0 Å². The first-order chi connectivity index (χ1) is 12.3. The van der Waals surface area contributed by atoms with Crippen LogP contribution in [0, 0.1) is 5.92 Å². The molecule has 2 aromatic rings. The Morgan fingerprint density at radius 2 is 1.52 bits per heavy atom. The number of hydrogen-bond acceptors (Lipinski definition) is 3. The predicted molar refractivity (Wildman–Crippen MR) is 101 cm³/mol. The molecule has 0 unspecified atom stereocenters. The Morgan fingerprint density at radius 3 is 2.00 bits per heavy atom. The highest BCUT2D eigenvalue weighted by Crippen LogP contribution is 2.37. The molecule has 3 nitrogen and oxygen atoms in total. The van der Waals surface area contributed by atoms with Crippen LogP contribution in [0.5, 0.6) is 0 Å². The molecule has 1 fully saturated rings. The summed E-state index contributed by atoms with van der Waals surface area (Å²) in [7, 11) is 0. The van der Waals surface area contributed by atoms with Crippen LogP contribution in [0.2, 0.25) is 0 Å². The molecule has 2 aromatic carbocycles. The molecule has 0 aromatic heterocycles. The summed E-state index contributed by atoms with van der Waals surface area (Å²) < 4.78 is 5.08. The normalized spacial score (nSPS) is 16.1.